The number of rotatable bonds is 12. The van der Waals surface area contributed by atoms with Crippen LogP contribution in [0.2, 0.25) is 0 Å². The van der Waals surface area contributed by atoms with Gasteiger partial charge in [-0.25, -0.2) is 0 Å². The number of carbonyl (C=O) groups is 4. The van der Waals surface area contributed by atoms with Gasteiger partial charge in [-0.2, -0.15) is 0 Å². The van der Waals surface area contributed by atoms with Crippen LogP contribution in [0.15, 0.2) is 35.7 Å². The Morgan fingerprint density at radius 2 is 1.67 bits per heavy atom. The Labute approximate surface area is 341 Å². The first kappa shape index (κ1) is 43.5. The van der Waals surface area contributed by atoms with E-state index in [0.29, 0.717) is 31.2 Å². The Morgan fingerprint density at radius 1 is 0.965 bits per heavy atom. The second kappa shape index (κ2) is 15.2. The average molecular weight is 790 g/mol. The molecule has 57 heavy (non-hydrogen) atoms. The molecule has 1 aromatic heterocycles. The minimum Gasteiger partial charge on any atom is -0.481 e. The predicted molar refractivity (Wildman–Crippen MR) is 220 cm³/mol. The summed E-state index contributed by atoms with van der Waals surface area (Å²) in [5.74, 6) is -0.398. The van der Waals surface area contributed by atoms with Crippen LogP contribution < -0.4 is 0 Å². The van der Waals surface area contributed by atoms with E-state index in [-0.39, 0.29) is 70.8 Å². The van der Waals surface area contributed by atoms with Gasteiger partial charge >= 0.3 is 11.9 Å². The molecular weight excluding hydrogens is 719 g/mol. The number of ketones is 1. The number of Topliss-reactive ketones (excluding diaryl/α,β-unsaturated/α-hetero) is 1. The van der Waals surface area contributed by atoms with E-state index in [2.05, 4.69) is 53.5 Å². The van der Waals surface area contributed by atoms with E-state index >= 15 is 0 Å². The molecule has 9 atom stereocenters. The van der Waals surface area contributed by atoms with Crippen molar-refractivity contribution in [2.45, 2.75) is 145 Å². The zero-order chi connectivity index (χ0) is 42.1. The molecule has 0 saturated heterocycles. The number of amides is 1. The lowest BCUT2D eigenvalue weighted by Gasteiger charge is -2.72. The number of fused-ring (bicyclic) bond motifs is 7. The predicted octanol–water partition coefficient (Wildman–Crippen LogP) is 7.73. The van der Waals surface area contributed by atoms with E-state index in [4.69, 9.17) is 4.74 Å². The van der Waals surface area contributed by atoms with Gasteiger partial charge in [-0.3, -0.25) is 24.2 Å². The lowest BCUT2D eigenvalue weighted by molar-refractivity contribution is -0.235. The second-order valence-corrected chi connectivity index (χ2v) is 21.4. The molecule has 6 rings (SSSR count). The molecule has 0 aliphatic heterocycles. The van der Waals surface area contributed by atoms with E-state index in [9.17, 15) is 29.4 Å². The monoisotopic (exact) mass is 790 g/mol. The van der Waals surface area contributed by atoms with Gasteiger partial charge < -0.3 is 24.7 Å². The van der Waals surface area contributed by atoms with Crippen LogP contribution in [0.1, 0.15) is 132 Å². The highest BCUT2D eigenvalue weighted by Crippen LogP contribution is 2.77. The van der Waals surface area contributed by atoms with Gasteiger partial charge in [0.15, 0.2) is 5.78 Å². The number of aliphatic hydroxyl groups is 1. The van der Waals surface area contributed by atoms with Crippen molar-refractivity contribution in [1.29, 1.82) is 0 Å². The summed E-state index contributed by atoms with van der Waals surface area (Å²) in [6.45, 7) is 20.1. The van der Waals surface area contributed by atoms with E-state index in [1.807, 2.05) is 31.1 Å². The number of aromatic nitrogens is 1. The Bertz CT molecular complexity index is 1770. The molecule has 0 radical (unpaired) electrons. The summed E-state index contributed by atoms with van der Waals surface area (Å²) in [6, 6.07) is 3.82. The molecule has 10 heteroatoms. The van der Waals surface area contributed by atoms with Crippen LogP contribution in [-0.4, -0.2) is 88.0 Å². The van der Waals surface area contributed by atoms with Crippen LogP contribution in [0.3, 0.4) is 0 Å². The summed E-state index contributed by atoms with van der Waals surface area (Å²) in [7, 11) is 3.75. The minimum atomic E-state index is -1.18. The maximum atomic E-state index is 14.3. The van der Waals surface area contributed by atoms with Gasteiger partial charge in [0.1, 0.15) is 6.10 Å². The van der Waals surface area contributed by atoms with Crippen molar-refractivity contribution < 1.29 is 34.1 Å². The number of aliphatic carboxylic acids is 1. The molecule has 10 nitrogen and oxygen atoms in total. The molecule has 5 aliphatic rings. The van der Waals surface area contributed by atoms with Crippen molar-refractivity contribution in [3.8, 4) is 0 Å². The van der Waals surface area contributed by atoms with Crippen molar-refractivity contribution in [3.63, 3.8) is 0 Å². The Balaban J connectivity index is 1.30. The fourth-order valence-electron chi connectivity index (χ4n) is 13.6. The van der Waals surface area contributed by atoms with Gasteiger partial charge in [0, 0.05) is 42.7 Å². The molecule has 0 aromatic carbocycles. The van der Waals surface area contributed by atoms with Crippen LogP contribution >= 0.6 is 0 Å². The van der Waals surface area contributed by atoms with Crippen molar-refractivity contribution in [2.24, 2.45) is 56.2 Å². The summed E-state index contributed by atoms with van der Waals surface area (Å²) in [4.78, 5) is 60.9. The van der Waals surface area contributed by atoms with Crippen LogP contribution in [0, 0.1) is 56.2 Å². The summed E-state index contributed by atoms with van der Waals surface area (Å²) < 4.78 is 6.18. The molecule has 5 aliphatic carbocycles. The first-order valence-electron chi connectivity index (χ1n) is 21.6. The molecule has 4 fully saturated rings. The number of carbonyl (C=O) groups excluding carboxylic acids is 3. The van der Waals surface area contributed by atoms with Gasteiger partial charge in [-0.15, -0.1) is 0 Å². The summed E-state index contributed by atoms with van der Waals surface area (Å²) in [5.41, 5.74) is 0.737. The van der Waals surface area contributed by atoms with Crippen LogP contribution in [-0.2, 0) is 30.5 Å². The number of hydrogen-bond donors (Lipinski definition) is 2. The summed E-state index contributed by atoms with van der Waals surface area (Å²) in [5, 5.41) is 22.3. The topological polar surface area (TPSA) is 137 Å². The lowest BCUT2D eigenvalue weighted by Crippen LogP contribution is -2.66. The number of carboxylic acid groups (broad SMARTS) is 1. The molecule has 4 saturated carbocycles. The van der Waals surface area contributed by atoms with Crippen molar-refractivity contribution in [1.82, 2.24) is 14.8 Å². The van der Waals surface area contributed by atoms with E-state index < -0.39 is 28.9 Å². The van der Waals surface area contributed by atoms with Gasteiger partial charge in [0.2, 0.25) is 5.91 Å². The fourth-order valence-corrected chi connectivity index (χ4v) is 13.6. The Morgan fingerprint density at radius 3 is 2.28 bits per heavy atom. The number of ether oxygens (including phenoxy) is 1. The molecule has 1 unspecified atom stereocenters. The molecular formula is C47H71N3O7. The number of pyridine rings is 1. The molecule has 1 amide bonds. The third-order valence-electron chi connectivity index (χ3n) is 16.8. The molecule has 316 valence electrons. The molecule has 2 N–H and O–H groups in total. The zero-order valence-corrected chi connectivity index (χ0v) is 36.7. The lowest BCUT2D eigenvalue weighted by atomic mass is 9.33. The normalized spacial score (nSPS) is 35.2. The van der Waals surface area contributed by atoms with E-state index in [0.717, 1.165) is 56.1 Å². The third kappa shape index (κ3) is 7.20. The number of aliphatic hydroxyl groups excluding tert-OH is 1. The van der Waals surface area contributed by atoms with E-state index in [1.54, 1.807) is 31.1 Å². The van der Waals surface area contributed by atoms with Crippen LogP contribution in [0.4, 0.5) is 0 Å². The standard InChI is InChI=1S/C47H71N3O7/c1-29(2)39-32(51)23-47(35(52)27-50(37(53)28-49(10)11)26-30-13-12-22-48-25-30)21-20-45(8)31(40(39)47)14-15-34-44(7)18-17-36(57-38(54)24-42(3,4)41(55)56)43(5,6)33(44)16-19-46(34,45)9/h12-13,22,25,29,31,33-36,52H,14-21,23-24,26-28H2,1-11H3,(H,55,56)/t31-,33+,34-,35+,36+,44+,45-,46-,47?/m1/s1. The number of esters is 1. The maximum absolute atomic E-state index is 14.3. The summed E-state index contributed by atoms with van der Waals surface area (Å²) in [6.07, 6.45) is 9.80. The highest BCUT2D eigenvalue weighted by atomic mass is 16.5. The van der Waals surface area contributed by atoms with Gasteiger partial charge in [0.05, 0.1) is 24.5 Å². The molecule has 1 aromatic rings. The van der Waals surface area contributed by atoms with Crippen molar-refractivity contribution >= 4 is 23.6 Å². The maximum Gasteiger partial charge on any atom is 0.309 e. The molecule has 0 spiro atoms. The SMILES string of the molecule is CC(C)C1=C2[C@H]3CC[C@@H]4[C@@]5(C)CC[C@H](OC(=O)CC(C)(C)C(=O)O)C(C)(C)[C@@H]5CC[C@@]4(C)[C@]3(C)CCC2([C@@H](O)CN(Cc2cccnc2)C(=O)CN(C)C)CC1=O. The molecule has 0 bridgehead atoms. The Kier molecular flexibility index (Phi) is 11.6. The number of allylic oxidation sites excluding steroid dienone is 1. The zero-order valence-electron chi connectivity index (χ0n) is 36.7. The average Bonchev–Trinajstić information content (AvgIpc) is 3.42. The van der Waals surface area contributed by atoms with Crippen LogP contribution in [0.5, 0.6) is 0 Å². The summed E-state index contributed by atoms with van der Waals surface area (Å²) >= 11 is 0. The van der Waals surface area contributed by atoms with E-state index in [1.165, 1.54) is 5.57 Å². The fraction of sp³-hybridized carbons (Fsp3) is 0.766. The van der Waals surface area contributed by atoms with Crippen molar-refractivity contribution in [3.05, 3.63) is 41.2 Å². The first-order valence-corrected chi connectivity index (χ1v) is 21.6. The molecule has 1 heterocycles. The largest absolute Gasteiger partial charge is 0.481 e. The Hall–Kier alpha value is -3.11. The number of hydrogen-bond acceptors (Lipinski definition) is 8. The van der Waals surface area contributed by atoms with Crippen LogP contribution in [0.25, 0.3) is 0 Å². The third-order valence-corrected chi connectivity index (χ3v) is 16.8. The van der Waals surface area contributed by atoms with Gasteiger partial charge in [-0.05, 0) is 136 Å². The van der Waals surface area contributed by atoms with Gasteiger partial charge in [0.25, 0.3) is 0 Å². The highest BCUT2D eigenvalue weighted by Gasteiger charge is 2.71. The minimum absolute atomic E-state index is 0.0157. The number of carboxylic acids is 1. The van der Waals surface area contributed by atoms with Crippen molar-refractivity contribution in [2.75, 3.05) is 27.2 Å². The first-order chi connectivity index (χ1) is 26.4. The van der Waals surface area contributed by atoms with Gasteiger partial charge in [-0.1, -0.05) is 60.1 Å². The number of likely N-dealkylation sites (N-methyl/N-ethyl adjacent to an activating group) is 1. The highest BCUT2D eigenvalue weighted by molar-refractivity contribution is 6.00. The smallest absolute Gasteiger partial charge is 0.309 e. The number of nitrogens with zero attached hydrogens (tertiary/aromatic N) is 3. The second-order valence-electron chi connectivity index (χ2n) is 21.4. The quantitative estimate of drug-likeness (QED) is 0.204.